The van der Waals surface area contributed by atoms with Crippen molar-refractivity contribution in [3.05, 3.63) is 60.6 Å². The number of aliphatic hydroxyl groups is 1. The molecule has 162 valence electrons. The van der Waals surface area contributed by atoms with Gasteiger partial charge in [0.25, 0.3) is 5.91 Å². The molecular formula is C20H24BrClIN5O2. The van der Waals surface area contributed by atoms with E-state index in [0.29, 0.717) is 21.1 Å². The standard InChI is InChI=1S/C20H24BrClIN5O2/c1-11(2)25-18(29)9-15(12(3)8-13(4)23)26-20(30)16-10-17(21)27-28(16)19-14(22)6-5-7-24-19/h5-8,10-11,18,25,29H,9H2,1-4H3,(H,26,30)/b13-8+,15-12+. The van der Waals surface area contributed by atoms with E-state index in [-0.39, 0.29) is 24.1 Å². The zero-order valence-corrected chi connectivity index (χ0v) is 21.6. The normalized spacial score (nSPS) is 14.0. The predicted molar refractivity (Wildman–Crippen MR) is 131 cm³/mol. The third-order valence-electron chi connectivity index (χ3n) is 3.93. The van der Waals surface area contributed by atoms with Gasteiger partial charge in [0.15, 0.2) is 5.82 Å². The van der Waals surface area contributed by atoms with Crippen molar-refractivity contribution in [1.29, 1.82) is 0 Å². The van der Waals surface area contributed by atoms with Gasteiger partial charge in [-0.15, -0.1) is 0 Å². The van der Waals surface area contributed by atoms with E-state index in [0.717, 1.165) is 9.15 Å². The molecule has 0 bridgehead atoms. The molecule has 0 aliphatic rings. The smallest absolute Gasteiger partial charge is 0.274 e. The number of carbonyl (C=O) groups is 1. The van der Waals surface area contributed by atoms with E-state index in [1.54, 1.807) is 24.4 Å². The topological polar surface area (TPSA) is 92.1 Å². The van der Waals surface area contributed by atoms with Gasteiger partial charge in [0.2, 0.25) is 0 Å². The van der Waals surface area contributed by atoms with Gasteiger partial charge in [-0.3, -0.25) is 10.1 Å². The van der Waals surface area contributed by atoms with Crippen molar-refractivity contribution >= 4 is 56.0 Å². The molecule has 0 saturated heterocycles. The minimum atomic E-state index is -0.806. The number of aliphatic hydroxyl groups excluding tert-OH is 1. The van der Waals surface area contributed by atoms with Crippen molar-refractivity contribution in [2.75, 3.05) is 0 Å². The molecule has 3 N–H and O–H groups in total. The molecule has 2 aromatic rings. The molecule has 0 saturated carbocycles. The third kappa shape index (κ3) is 7.16. The van der Waals surface area contributed by atoms with Gasteiger partial charge in [-0.25, -0.2) is 9.67 Å². The molecule has 10 heteroatoms. The van der Waals surface area contributed by atoms with E-state index in [2.05, 4.69) is 59.2 Å². The Kier molecular flexibility index (Phi) is 9.48. The molecule has 1 atom stereocenters. The first-order chi connectivity index (χ1) is 14.1. The second-order valence-corrected chi connectivity index (χ2v) is 9.88. The Morgan fingerprint density at radius 3 is 2.73 bits per heavy atom. The lowest BCUT2D eigenvalue weighted by Crippen LogP contribution is -2.37. The predicted octanol–water partition coefficient (Wildman–Crippen LogP) is 4.73. The number of carbonyl (C=O) groups excluding carboxylic acids is 1. The van der Waals surface area contributed by atoms with Crippen LogP contribution in [0.3, 0.4) is 0 Å². The first-order valence-electron chi connectivity index (χ1n) is 9.24. The van der Waals surface area contributed by atoms with Crippen molar-refractivity contribution in [2.24, 2.45) is 0 Å². The van der Waals surface area contributed by atoms with Crippen LogP contribution >= 0.6 is 50.1 Å². The van der Waals surface area contributed by atoms with Crippen LogP contribution in [-0.2, 0) is 0 Å². The van der Waals surface area contributed by atoms with Crippen LogP contribution in [0.25, 0.3) is 5.82 Å². The second kappa shape index (κ2) is 11.4. The third-order valence-corrected chi connectivity index (χ3v) is 4.92. The summed E-state index contributed by atoms with van der Waals surface area (Å²) in [6, 6.07) is 5.08. The molecule has 0 aliphatic carbocycles. The lowest BCUT2D eigenvalue weighted by atomic mass is 10.1. The Hall–Kier alpha value is -1.27. The first kappa shape index (κ1) is 25.0. The largest absolute Gasteiger partial charge is 0.378 e. The maximum Gasteiger partial charge on any atom is 0.274 e. The lowest BCUT2D eigenvalue weighted by molar-refractivity contribution is 0.0943. The second-order valence-electron chi connectivity index (χ2n) is 6.96. The molecule has 30 heavy (non-hydrogen) atoms. The summed E-state index contributed by atoms with van der Waals surface area (Å²) in [5, 5.41) is 21.0. The number of nitrogens with zero attached hydrogens (tertiary/aromatic N) is 3. The van der Waals surface area contributed by atoms with Gasteiger partial charge in [0.05, 0.1) is 5.02 Å². The molecule has 1 amide bonds. The average molecular weight is 609 g/mol. The molecule has 0 radical (unpaired) electrons. The Bertz CT molecular complexity index is 970. The summed E-state index contributed by atoms with van der Waals surface area (Å²) in [4.78, 5) is 17.4. The SMILES string of the molecule is C/C(I)=C\C(C)=C(/CC(O)NC(C)C)NC(=O)c1cc(Br)nn1-c1ncccc1Cl. The number of rotatable bonds is 8. The number of halogens is 3. The van der Waals surface area contributed by atoms with Crippen molar-refractivity contribution in [1.82, 2.24) is 25.4 Å². The molecule has 0 spiro atoms. The Labute approximate surface area is 203 Å². The zero-order chi connectivity index (χ0) is 22.4. The van der Waals surface area contributed by atoms with E-state index in [4.69, 9.17) is 11.6 Å². The van der Waals surface area contributed by atoms with E-state index in [1.807, 2.05) is 33.8 Å². The summed E-state index contributed by atoms with van der Waals surface area (Å²) in [7, 11) is 0. The highest BCUT2D eigenvalue weighted by molar-refractivity contribution is 14.1. The van der Waals surface area contributed by atoms with E-state index < -0.39 is 6.23 Å². The molecule has 2 aromatic heterocycles. The molecule has 0 aromatic carbocycles. The van der Waals surface area contributed by atoms with Crippen molar-refractivity contribution in [3.63, 3.8) is 0 Å². The Morgan fingerprint density at radius 2 is 2.13 bits per heavy atom. The number of hydrogen-bond donors (Lipinski definition) is 3. The number of nitrogens with one attached hydrogen (secondary N) is 2. The molecule has 0 fully saturated rings. The van der Waals surface area contributed by atoms with Gasteiger partial charge < -0.3 is 10.4 Å². The summed E-state index contributed by atoms with van der Waals surface area (Å²) >= 11 is 11.8. The zero-order valence-electron chi connectivity index (χ0n) is 17.1. The maximum absolute atomic E-state index is 13.1. The first-order valence-corrected chi connectivity index (χ1v) is 11.5. The van der Waals surface area contributed by atoms with Gasteiger partial charge in [0, 0.05) is 30.4 Å². The minimum absolute atomic E-state index is 0.0998. The van der Waals surface area contributed by atoms with Gasteiger partial charge in [-0.2, -0.15) is 5.10 Å². The van der Waals surface area contributed by atoms with E-state index >= 15 is 0 Å². The molecular weight excluding hydrogens is 585 g/mol. The van der Waals surface area contributed by atoms with Gasteiger partial charge in [-0.1, -0.05) is 11.6 Å². The van der Waals surface area contributed by atoms with Crippen LogP contribution in [0.15, 0.2) is 49.9 Å². The molecule has 0 aliphatic heterocycles. The van der Waals surface area contributed by atoms with Crippen LogP contribution in [-0.4, -0.2) is 38.0 Å². The van der Waals surface area contributed by atoms with Crippen LogP contribution in [0.5, 0.6) is 0 Å². The van der Waals surface area contributed by atoms with Crippen LogP contribution in [0.2, 0.25) is 5.02 Å². The van der Waals surface area contributed by atoms with E-state index in [1.165, 1.54) is 4.68 Å². The summed E-state index contributed by atoms with van der Waals surface area (Å²) < 4.78 is 2.91. The number of hydrogen-bond acceptors (Lipinski definition) is 5. The molecule has 2 heterocycles. The van der Waals surface area contributed by atoms with Crippen LogP contribution < -0.4 is 10.6 Å². The number of amides is 1. The average Bonchev–Trinajstić information content (AvgIpc) is 3.02. The highest BCUT2D eigenvalue weighted by Gasteiger charge is 2.21. The number of aromatic nitrogens is 3. The van der Waals surface area contributed by atoms with Crippen LogP contribution in [0.1, 0.15) is 44.6 Å². The quantitative estimate of drug-likeness (QED) is 0.229. The Balaban J connectivity index is 2.39. The fraction of sp³-hybridized carbons (Fsp3) is 0.350. The van der Waals surface area contributed by atoms with Gasteiger partial charge >= 0.3 is 0 Å². The number of pyridine rings is 1. The monoisotopic (exact) mass is 607 g/mol. The van der Waals surface area contributed by atoms with Crippen molar-refractivity contribution in [2.45, 2.75) is 46.4 Å². The van der Waals surface area contributed by atoms with Crippen molar-refractivity contribution < 1.29 is 9.90 Å². The Morgan fingerprint density at radius 1 is 1.43 bits per heavy atom. The fourth-order valence-electron chi connectivity index (χ4n) is 2.74. The summed E-state index contributed by atoms with van der Waals surface area (Å²) in [6.45, 7) is 7.74. The van der Waals surface area contributed by atoms with Crippen molar-refractivity contribution in [3.8, 4) is 5.82 Å². The van der Waals surface area contributed by atoms with Gasteiger partial charge in [0.1, 0.15) is 16.5 Å². The van der Waals surface area contributed by atoms with Crippen LogP contribution in [0.4, 0.5) is 0 Å². The van der Waals surface area contributed by atoms with E-state index in [9.17, 15) is 9.90 Å². The number of allylic oxidation sites excluding steroid dienone is 3. The molecule has 1 unspecified atom stereocenters. The molecule has 2 rings (SSSR count). The fourth-order valence-corrected chi connectivity index (χ4v) is 3.79. The van der Waals surface area contributed by atoms with Crippen LogP contribution in [0, 0.1) is 0 Å². The van der Waals surface area contributed by atoms with Gasteiger partial charge in [-0.05, 0) is 93.6 Å². The highest BCUT2D eigenvalue weighted by Crippen LogP contribution is 2.22. The highest BCUT2D eigenvalue weighted by atomic mass is 127. The maximum atomic E-state index is 13.1. The lowest BCUT2D eigenvalue weighted by Gasteiger charge is -2.20. The summed E-state index contributed by atoms with van der Waals surface area (Å²) in [5.74, 6) is -0.0395. The summed E-state index contributed by atoms with van der Waals surface area (Å²) in [6.07, 6.45) is 2.95. The molecule has 7 nitrogen and oxygen atoms in total. The minimum Gasteiger partial charge on any atom is -0.378 e. The summed E-state index contributed by atoms with van der Waals surface area (Å²) in [5.41, 5.74) is 1.71.